The highest BCUT2D eigenvalue weighted by Gasteiger charge is 2.50. The summed E-state index contributed by atoms with van der Waals surface area (Å²) in [5.41, 5.74) is 2.19. The lowest BCUT2D eigenvalue weighted by atomic mass is 9.91. The predicted octanol–water partition coefficient (Wildman–Crippen LogP) is 2.31. The number of hydrogen-bond acceptors (Lipinski definition) is 4. The first-order chi connectivity index (χ1) is 10.6. The number of likely N-dealkylation sites (tertiary alicyclic amines) is 1. The molecule has 1 aromatic rings. The monoisotopic (exact) mass is 301 g/mol. The molecule has 4 rings (SSSR count). The second-order valence-corrected chi connectivity index (χ2v) is 6.65. The summed E-state index contributed by atoms with van der Waals surface area (Å²) in [5.74, 6) is 0.541. The van der Waals surface area contributed by atoms with Crippen LogP contribution in [-0.2, 0) is 11.2 Å². The number of anilines is 1. The Labute approximate surface area is 128 Å². The fourth-order valence-corrected chi connectivity index (χ4v) is 4.25. The highest BCUT2D eigenvalue weighted by atomic mass is 16.6. The lowest BCUT2D eigenvalue weighted by Gasteiger charge is -2.46. The first-order valence-corrected chi connectivity index (χ1v) is 7.90. The Morgan fingerprint density at radius 1 is 1.32 bits per heavy atom. The molecule has 1 saturated heterocycles. The van der Waals surface area contributed by atoms with Crippen LogP contribution in [0.5, 0.6) is 0 Å². The van der Waals surface area contributed by atoms with E-state index < -0.39 is 0 Å². The SMILES string of the molecule is C[C@@H]1Cc2cc([N+](=O)[O-])ccc2N1CN1C(=O)[C@@H]2CCC[C@@H]21. The topological polar surface area (TPSA) is 66.7 Å². The van der Waals surface area contributed by atoms with Crippen molar-refractivity contribution >= 4 is 17.3 Å². The first kappa shape index (κ1) is 13.5. The van der Waals surface area contributed by atoms with Crippen molar-refractivity contribution in [2.45, 2.75) is 44.7 Å². The van der Waals surface area contributed by atoms with Crippen molar-refractivity contribution in [1.29, 1.82) is 0 Å². The van der Waals surface area contributed by atoms with Crippen molar-refractivity contribution in [3.63, 3.8) is 0 Å². The molecule has 2 heterocycles. The average molecular weight is 301 g/mol. The summed E-state index contributed by atoms with van der Waals surface area (Å²) in [7, 11) is 0. The maximum absolute atomic E-state index is 12.2. The zero-order valence-electron chi connectivity index (χ0n) is 12.6. The zero-order chi connectivity index (χ0) is 15.4. The molecule has 0 radical (unpaired) electrons. The maximum atomic E-state index is 12.2. The van der Waals surface area contributed by atoms with E-state index in [-0.39, 0.29) is 28.5 Å². The molecule has 0 spiro atoms. The van der Waals surface area contributed by atoms with Gasteiger partial charge in [0, 0.05) is 29.9 Å². The van der Waals surface area contributed by atoms with Crippen molar-refractivity contribution in [2.24, 2.45) is 5.92 Å². The van der Waals surface area contributed by atoms with Gasteiger partial charge in [-0.3, -0.25) is 14.9 Å². The van der Waals surface area contributed by atoms with E-state index in [4.69, 9.17) is 0 Å². The van der Waals surface area contributed by atoms with Gasteiger partial charge in [0.15, 0.2) is 0 Å². The van der Waals surface area contributed by atoms with E-state index in [0.717, 1.165) is 36.9 Å². The minimum Gasteiger partial charge on any atom is -0.350 e. The van der Waals surface area contributed by atoms with Crippen molar-refractivity contribution in [3.8, 4) is 0 Å². The Bertz CT molecular complexity index is 660. The molecule has 22 heavy (non-hydrogen) atoms. The molecule has 116 valence electrons. The fourth-order valence-electron chi connectivity index (χ4n) is 4.25. The normalized spacial score (nSPS) is 29.3. The molecule has 6 heteroatoms. The third-order valence-corrected chi connectivity index (χ3v) is 5.42. The molecule has 1 amide bonds. The molecular formula is C16H19N3O3. The van der Waals surface area contributed by atoms with E-state index >= 15 is 0 Å². The number of carbonyl (C=O) groups excluding carboxylic acids is 1. The third kappa shape index (κ3) is 1.82. The van der Waals surface area contributed by atoms with E-state index in [1.807, 2.05) is 11.0 Å². The molecule has 0 unspecified atom stereocenters. The summed E-state index contributed by atoms with van der Waals surface area (Å²) in [5, 5.41) is 10.9. The summed E-state index contributed by atoms with van der Waals surface area (Å²) >= 11 is 0. The van der Waals surface area contributed by atoms with E-state index in [1.165, 1.54) is 0 Å². The molecule has 1 saturated carbocycles. The molecule has 0 aromatic heterocycles. The Hall–Kier alpha value is -2.11. The summed E-state index contributed by atoms with van der Waals surface area (Å²) in [6, 6.07) is 5.74. The third-order valence-electron chi connectivity index (χ3n) is 5.42. The van der Waals surface area contributed by atoms with Crippen LogP contribution in [0.4, 0.5) is 11.4 Å². The van der Waals surface area contributed by atoms with Gasteiger partial charge in [-0.2, -0.15) is 0 Å². The van der Waals surface area contributed by atoms with E-state index in [2.05, 4.69) is 11.8 Å². The molecule has 1 aliphatic carbocycles. The van der Waals surface area contributed by atoms with Gasteiger partial charge in [0.25, 0.3) is 5.69 Å². The van der Waals surface area contributed by atoms with Crippen LogP contribution in [-0.4, -0.2) is 34.5 Å². The number of benzene rings is 1. The number of nitro groups is 1. The van der Waals surface area contributed by atoms with Crippen LogP contribution in [0.25, 0.3) is 0 Å². The minimum atomic E-state index is -0.352. The Balaban J connectivity index is 1.57. The molecule has 2 aliphatic heterocycles. The van der Waals surface area contributed by atoms with Crippen LogP contribution < -0.4 is 4.90 Å². The van der Waals surface area contributed by atoms with Crippen molar-refractivity contribution in [3.05, 3.63) is 33.9 Å². The Morgan fingerprint density at radius 3 is 2.91 bits per heavy atom. The van der Waals surface area contributed by atoms with E-state index in [1.54, 1.807) is 12.1 Å². The van der Waals surface area contributed by atoms with Gasteiger partial charge in [0.2, 0.25) is 5.91 Å². The molecule has 0 bridgehead atoms. The zero-order valence-corrected chi connectivity index (χ0v) is 12.6. The molecule has 1 aromatic carbocycles. The number of nitro benzene ring substituents is 1. The summed E-state index contributed by atoms with van der Waals surface area (Å²) in [6.07, 6.45) is 4.10. The summed E-state index contributed by atoms with van der Waals surface area (Å²) < 4.78 is 0. The second kappa shape index (κ2) is 4.69. The molecule has 0 N–H and O–H groups in total. The molecule has 3 aliphatic rings. The number of rotatable bonds is 3. The largest absolute Gasteiger partial charge is 0.350 e. The smallest absolute Gasteiger partial charge is 0.269 e. The number of carbonyl (C=O) groups is 1. The van der Waals surface area contributed by atoms with Crippen LogP contribution in [0.1, 0.15) is 31.7 Å². The van der Waals surface area contributed by atoms with Crippen molar-refractivity contribution in [1.82, 2.24) is 4.90 Å². The second-order valence-electron chi connectivity index (χ2n) is 6.65. The lowest BCUT2D eigenvalue weighted by Crippen LogP contribution is -2.61. The van der Waals surface area contributed by atoms with Gasteiger partial charge in [0.1, 0.15) is 0 Å². The number of β-lactam (4-membered cyclic amide) rings is 1. The highest BCUT2D eigenvalue weighted by Crippen LogP contribution is 2.42. The van der Waals surface area contributed by atoms with Gasteiger partial charge in [-0.15, -0.1) is 0 Å². The fraction of sp³-hybridized carbons (Fsp3) is 0.562. The number of amides is 1. The van der Waals surface area contributed by atoms with Gasteiger partial charge in [-0.1, -0.05) is 6.42 Å². The van der Waals surface area contributed by atoms with Crippen molar-refractivity contribution < 1.29 is 9.72 Å². The highest BCUT2D eigenvalue weighted by molar-refractivity contribution is 5.87. The maximum Gasteiger partial charge on any atom is 0.269 e. The van der Waals surface area contributed by atoms with Gasteiger partial charge < -0.3 is 9.80 Å². The molecular weight excluding hydrogens is 282 g/mol. The van der Waals surface area contributed by atoms with E-state index in [9.17, 15) is 14.9 Å². The summed E-state index contributed by atoms with van der Waals surface area (Å²) in [4.78, 5) is 27.0. The van der Waals surface area contributed by atoms with Gasteiger partial charge in [-0.25, -0.2) is 0 Å². The minimum absolute atomic E-state index is 0.142. The standard InChI is InChI=1S/C16H19N3O3/c1-10-7-11-8-12(19(21)22)5-6-14(11)17(10)9-18-15-4-2-3-13(15)16(18)20/h5-6,8,10,13,15H,2-4,7,9H2,1H3/t10-,13-,15+/m1/s1. The van der Waals surface area contributed by atoms with Crippen LogP contribution in [0.3, 0.4) is 0 Å². The quantitative estimate of drug-likeness (QED) is 0.488. The van der Waals surface area contributed by atoms with Crippen LogP contribution in [0, 0.1) is 16.0 Å². The average Bonchev–Trinajstić information content (AvgIpc) is 3.05. The van der Waals surface area contributed by atoms with Crippen molar-refractivity contribution in [2.75, 3.05) is 11.6 Å². The van der Waals surface area contributed by atoms with Crippen LogP contribution in [0.15, 0.2) is 18.2 Å². The number of non-ortho nitro benzene ring substituents is 1. The number of nitrogens with zero attached hydrogens (tertiary/aromatic N) is 3. The molecule has 3 atom stereocenters. The molecule has 2 fully saturated rings. The van der Waals surface area contributed by atoms with Gasteiger partial charge in [0.05, 0.1) is 17.5 Å². The number of fused-ring (bicyclic) bond motifs is 2. The Kier molecular flexibility index (Phi) is 2.89. The van der Waals surface area contributed by atoms with Crippen LogP contribution >= 0.6 is 0 Å². The summed E-state index contributed by atoms with van der Waals surface area (Å²) in [6.45, 7) is 2.73. The van der Waals surface area contributed by atoms with E-state index in [0.29, 0.717) is 12.7 Å². The lowest BCUT2D eigenvalue weighted by molar-refractivity contribution is -0.384. The Morgan fingerprint density at radius 2 is 2.14 bits per heavy atom. The first-order valence-electron chi connectivity index (χ1n) is 7.90. The predicted molar refractivity (Wildman–Crippen MR) is 81.6 cm³/mol. The van der Waals surface area contributed by atoms with Crippen LogP contribution in [0.2, 0.25) is 0 Å². The van der Waals surface area contributed by atoms with Gasteiger partial charge in [-0.05, 0) is 37.8 Å². The molecule has 6 nitrogen and oxygen atoms in total. The van der Waals surface area contributed by atoms with Gasteiger partial charge >= 0.3 is 0 Å². The number of hydrogen-bond donors (Lipinski definition) is 0.